The molecule has 0 radical (unpaired) electrons. The van der Waals surface area contributed by atoms with Gasteiger partial charge in [0.25, 0.3) is 0 Å². The number of ether oxygens (including phenoxy) is 1. The maximum atomic E-state index is 12.3. The van der Waals surface area contributed by atoms with E-state index in [1.165, 1.54) is 7.11 Å². The molecular formula is C17H18N2O3. The second-order valence-electron chi connectivity index (χ2n) is 6.37. The highest BCUT2D eigenvalue weighted by atomic mass is 16.5. The minimum absolute atomic E-state index is 0.00717. The van der Waals surface area contributed by atoms with Crippen molar-refractivity contribution >= 4 is 22.8 Å². The highest BCUT2D eigenvalue weighted by Gasteiger charge is 2.74. The summed E-state index contributed by atoms with van der Waals surface area (Å²) in [4.78, 5) is 27.5. The molecule has 0 saturated heterocycles. The molecule has 2 aliphatic rings. The highest BCUT2D eigenvalue weighted by molar-refractivity contribution is 5.93. The molecule has 0 spiro atoms. The Labute approximate surface area is 128 Å². The standard InChI is InChI=1S/C17H18N2O3/c1-22-15(20)14(19-16(21)17-7-11(17)8-17)6-10-9-18-13-5-3-2-4-12(10)13/h2-5,9,11,14,18H,6-8H2,1H3,(H,19,21)/t11?,14-,17?/m1/s1. The van der Waals surface area contributed by atoms with Gasteiger partial charge in [-0.2, -0.15) is 0 Å². The van der Waals surface area contributed by atoms with Gasteiger partial charge in [-0.3, -0.25) is 4.79 Å². The number of carbonyl (C=O) groups excluding carboxylic acids is 2. The number of fused-ring (bicyclic) bond motifs is 2. The number of aromatic nitrogens is 1. The van der Waals surface area contributed by atoms with E-state index in [1.54, 1.807) is 0 Å². The van der Waals surface area contributed by atoms with Gasteiger partial charge in [0, 0.05) is 23.5 Å². The fourth-order valence-corrected chi connectivity index (χ4v) is 3.23. The maximum Gasteiger partial charge on any atom is 0.328 e. The number of H-pyrrole nitrogens is 1. The summed E-state index contributed by atoms with van der Waals surface area (Å²) >= 11 is 0. The number of para-hydroxylation sites is 1. The van der Waals surface area contributed by atoms with Gasteiger partial charge in [-0.05, 0) is 30.4 Å². The van der Waals surface area contributed by atoms with E-state index in [-0.39, 0.29) is 11.3 Å². The van der Waals surface area contributed by atoms with Gasteiger partial charge in [0.05, 0.1) is 12.5 Å². The molecular weight excluding hydrogens is 280 g/mol. The zero-order chi connectivity index (χ0) is 15.3. The Morgan fingerprint density at radius 1 is 1.41 bits per heavy atom. The molecule has 5 nitrogen and oxygen atoms in total. The minimum Gasteiger partial charge on any atom is -0.467 e. The van der Waals surface area contributed by atoms with Crippen LogP contribution in [0.5, 0.6) is 0 Å². The number of benzene rings is 1. The molecule has 22 heavy (non-hydrogen) atoms. The van der Waals surface area contributed by atoms with Crippen LogP contribution in [0.15, 0.2) is 30.5 Å². The summed E-state index contributed by atoms with van der Waals surface area (Å²) < 4.78 is 4.86. The molecule has 0 aliphatic heterocycles. The van der Waals surface area contributed by atoms with Crippen LogP contribution < -0.4 is 5.32 Å². The molecule has 1 amide bonds. The van der Waals surface area contributed by atoms with Crippen LogP contribution in [0.3, 0.4) is 0 Å². The summed E-state index contributed by atoms with van der Waals surface area (Å²) in [5.74, 6) is 0.166. The van der Waals surface area contributed by atoms with E-state index in [0.29, 0.717) is 12.3 Å². The molecule has 2 fully saturated rings. The van der Waals surface area contributed by atoms with Gasteiger partial charge in [0.2, 0.25) is 5.91 Å². The third-order valence-corrected chi connectivity index (χ3v) is 5.02. The van der Waals surface area contributed by atoms with Crippen LogP contribution in [-0.4, -0.2) is 30.0 Å². The van der Waals surface area contributed by atoms with E-state index >= 15 is 0 Å². The molecule has 4 rings (SSSR count). The van der Waals surface area contributed by atoms with Crippen LogP contribution in [0.2, 0.25) is 0 Å². The first-order chi connectivity index (χ1) is 10.6. The lowest BCUT2D eigenvalue weighted by Gasteiger charge is -2.17. The number of hydrogen-bond acceptors (Lipinski definition) is 3. The predicted molar refractivity (Wildman–Crippen MR) is 81.1 cm³/mol. The summed E-state index contributed by atoms with van der Waals surface area (Å²) in [6.07, 6.45) is 4.27. The van der Waals surface area contributed by atoms with Crippen LogP contribution in [0, 0.1) is 11.3 Å². The van der Waals surface area contributed by atoms with Gasteiger partial charge in [0.15, 0.2) is 0 Å². The minimum atomic E-state index is -0.632. The SMILES string of the molecule is COC(=O)[C@@H](Cc1c[nH]c2ccccc12)NC(=O)C12CC1C2. The number of rotatable bonds is 5. The van der Waals surface area contributed by atoms with Crippen LogP contribution in [0.4, 0.5) is 0 Å². The van der Waals surface area contributed by atoms with Gasteiger partial charge in [-0.25, -0.2) is 4.79 Å². The number of nitrogens with one attached hydrogen (secondary N) is 2. The average molecular weight is 298 g/mol. The molecule has 2 aliphatic carbocycles. The summed E-state index contributed by atoms with van der Waals surface area (Å²) in [7, 11) is 1.35. The average Bonchev–Trinajstić information content (AvgIpc) is 3.36. The number of esters is 1. The van der Waals surface area contributed by atoms with Gasteiger partial charge in [-0.15, -0.1) is 0 Å². The Balaban J connectivity index is 1.55. The lowest BCUT2D eigenvalue weighted by atomic mass is 10.0. The zero-order valence-electron chi connectivity index (χ0n) is 12.4. The smallest absolute Gasteiger partial charge is 0.328 e. The molecule has 5 heteroatoms. The number of amides is 1. The Hall–Kier alpha value is -2.30. The fraction of sp³-hybridized carbons (Fsp3) is 0.412. The number of hydrogen-bond donors (Lipinski definition) is 2. The molecule has 2 saturated carbocycles. The monoisotopic (exact) mass is 298 g/mol. The van der Waals surface area contributed by atoms with Crippen molar-refractivity contribution in [3.63, 3.8) is 0 Å². The van der Waals surface area contributed by atoms with Crippen LogP contribution in [0.25, 0.3) is 10.9 Å². The second kappa shape index (κ2) is 4.60. The Bertz CT molecular complexity index is 758. The van der Waals surface area contributed by atoms with Crippen LogP contribution >= 0.6 is 0 Å². The molecule has 114 valence electrons. The number of aromatic amines is 1. The summed E-state index contributed by atoms with van der Waals surface area (Å²) in [6, 6.07) is 7.29. The second-order valence-corrected chi connectivity index (χ2v) is 6.37. The van der Waals surface area contributed by atoms with Crippen molar-refractivity contribution in [1.29, 1.82) is 0 Å². The first-order valence-electron chi connectivity index (χ1n) is 7.58. The molecule has 0 bridgehead atoms. The molecule has 1 atom stereocenters. The van der Waals surface area contributed by atoms with E-state index in [9.17, 15) is 9.59 Å². The van der Waals surface area contributed by atoms with Crippen molar-refractivity contribution in [3.8, 4) is 0 Å². The van der Waals surface area contributed by atoms with Crippen molar-refractivity contribution < 1.29 is 14.3 Å². The van der Waals surface area contributed by atoms with Gasteiger partial charge in [0.1, 0.15) is 6.04 Å². The topological polar surface area (TPSA) is 71.2 Å². The lowest BCUT2D eigenvalue weighted by molar-refractivity contribution is -0.145. The molecule has 1 aromatic heterocycles. The third kappa shape index (κ3) is 2.00. The Morgan fingerprint density at radius 2 is 2.14 bits per heavy atom. The van der Waals surface area contributed by atoms with E-state index < -0.39 is 12.0 Å². The van der Waals surface area contributed by atoms with Crippen molar-refractivity contribution in [2.45, 2.75) is 25.3 Å². The van der Waals surface area contributed by atoms with Gasteiger partial charge < -0.3 is 15.0 Å². The van der Waals surface area contributed by atoms with E-state index in [4.69, 9.17) is 4.74 Å². The Morgan fingerprint density at radius 3 is 2.82 bits per heavy atom. The zero-order valence-corrected chi connectivity index (χ0v) is 12.4. The molecule has 2 N–H and O–H groups in total. The van der Waals surface area contributed by atoms with E-state index in [2.05, 4.69) is 10.3 Å². The molecule has 1 heterocycles. The first kappa shape index (κ1) is 13.4. The van der Waals surface area contributed by atoms with Gasteiger partial charge in [-0.1, -0.05) is 18.2 Å². The molecule has 2 aromatic rings. The van der Waals surface area contributed by atoms with Gasteiger partial charge >= 0.3 is 5.97 Å². The molecule has 1 aromatic carbocycles. The maximum absolute atomic E-state index is 12.3. The lowest BCUT2D eigenvalue weighted by Crippen LogP contribution is -2.44. The number of methoxy groups -OCH3 is 1. The summed E-state index contributed by atoms with van der Waals surface area (Å²) in [5.41, 5.74) is 1.88. The van der Waals surface area contributed by atoms with Crippen molar-refractivity contribution in [2.75, 3.05) is 7.11 Å². The van der Waals surface area contributed by atoms with Crippen LogP contribution in [0.1, 0.15) is 18.4 Å². The fourth-order valence-electron chi connectivity index (χ4n) is 3.23. The normalized spacial score (nSPS) is 26.1. The highest BCUT2D eigenvalue weighted by Crippen LogP contribution is 2.75. The summed E-state index contributed by atoms with van der Waals surface area (Å²) in [6.45, 7) is 0. The number of carbonyl (C=O) groups is 2. The quantitative estimate of drug-likeness (QED) is 0.827. The van der Waals surface area contributed by atoms with Crippen LogP contribution in [-0.2, 0) is 20.7 Å². The first-order valence-corrected chi connectivity index (χ1v) is 7.58. The van der Waals surface area contributed by atoms with E-state index in [1.807, 2.05) is 30.5 Å². The Kier molecular flexibility index (Phi) is 2.79. The predicted octanol–water partition coefficient (Wildman–Crippen LogP) is 1.78. The largest absolute Gasteiger partial charge is 0.467 e. The third-order valence-electron chi connectivity index (χ3n) is 5.02. The van der Waals surface area contributed by atoms with Crippen molar-refractivity contribution in [2.24, 2.45) is 11.3 Å². The van der Waals surface area contributed by atoms with Crippen molar-refractivity contribution in [3.05, 3.63) is 36.0 Å². The molecule has 0 unspecified atom stereocenters. The van der Waals surface area contributed by atoms with E-state index in [0.717, 1.165) is 29.3 Å². The van der Waals surface area contributed by atoms with Crippen molar-refractivity contribution in [1.82, 2.24) is 10.3 Å². The summed E-state index contributed by atoms with van der Waals surface area (Å²) in [5, 5.41) is 3.96.